The van der Waals surface area contributed by atoms with Crippen molar-refractivity contribution < 1.29 is 0 Å². The Bertz CT molecular complexity index is 817. The number of nitrogens with one attached hydrogen (secondary N) is 1. The van der Waals surface area contributed by atoms with Crippen LogP contribution in [0.15, 0.2) is 60.9 Å². The molecule has 0 aliphatic rings. The summed E-state index contributed by atoms with van der Waals surface area (Å²) in [4.78, 5) is 10.6. The highest BCUT2D eigenvalue weighted by atomic mass is 15.2. The zero-order chi connectivity index (χ0) is 16.9. The van der Waals surface area contributed by atoms with E-state index in [1.165, 1.54) is 11.9 Å². The van der Waals surface area contributed by atoms with Crippen molar-refractivity contribution in [2.24, 2.45) is 0 Å². The standard InChI is InChI=1S/C19H21N5/c1-3-14-9-7-8-12-16(14)23-18-17(20)19(22-13-21-18)24(2)15-10-5-4-6-11-15/h4-13H,3,20H2,1-2H3,(H,21,22,23). The third kappa shape index (κ3) is 3.15. The van der Waals surface area contributed by atoms with Gasteiger partial charge in [-0.3, -0.25) is 0 Å². The van der Waals surface area contributed by atoms with Crippen molar-refractivity contribution in [1.82, 2.24) is 9.97 Å². The molecule has 3 aromatic rings. The lowest BCUT2D eigenvalue weighted by Gasteiger charge is -2.21. The third-order valence-electron chi connectivity index (χ3n) is 3.98. The molecule has 2 aromatic carbocycles. The van der Waals surface area contributed by atoms with E-state index in [-0.39, 0.29) is 0 Å². The number of hydrogen-bond acceptors (Lipinski definition) is 5. The van der Waals surface area contributed by atoms with Gasteiger partial charge in [0.2, 0.25) is 0 Å². The highest BCUT2D eigenvalue weighted by Gasteiger charge is 2.14. The van der Waals surface area contributed by atoms with Crippen LogP contribution in [-0.2, 0) is 6.42 Å². The molecule has 3 rings (SSSR count). The molecule has 5 heteroatoms. The summed E-state index contributed by atoms with van der Waals surface area (Å²) in [6, 6.07) is 18.1. The van der Waals surface area contributed by atoms with Crippen LogP contribution in [0.25, 0.3) is 0 Å². The summed E-state index contributed by atoms with van der Waals surface area (Å²) in [7, 11) is 1.94. The number of para-hydroxylation sites is 2. The van der Waals surface area contributed by atoms with Gasteiger partial charge in [0.1, 0.15) is 12.0 Å². The lowest BCUT2D eigenvalue weighted by molar-refractivity contribution is 1.08. The summed E-state index contributed by atoms with van der Waals surface area (Å²) >= 11 is 0. The van der Waals surface area contributed by atoms with E-state index in [0.717, 1.165) is 17.8 Å². The molecule has 5 nitrogen and oxygen atoms in total. The second-order valence-electron chi connectivity index (χ2n) is 5.49. The molecular formula is C19H21N5. The van der Waals surface area contributed by atoms with Crippen molar-refractivity contribution in [3.63, 3.8) is 0 Å². The Balaban J connectivity index is 1.94. The lowest BCUT2D eigenvalue weighted by Crippen LogP contribution is -2.15. The monoisotopic (exact) mass is 319 g/mol. The van der Waals surface area contributed by atoms with Gasteiger partial charge in [0.05, 0.1) is 0 Å². The van der Waals surface area contributed by atoms with E-state index in [1.54, 1.807) is 0 Å². The molecule has 1 heterocycles. The van der Waals surface area contributed by atoms with Crippen LogP contribution < -0.4 is 16.0 Å². The maximum absolute atomic E-state index is 6.33. The molecule has 0 spiro atoms. The van der Waals surface area contributed by atoms with Crippen molar-refractivity contribution >= 4 is 28.7 Å². The fourth-order valence-electron chi connectivity index (χ4n) is 2.61. The maximum Gasteiger partial charge on any atom is 0.161 e. The molecule has 0 amide bonds. The zero-order valence-corrected chi connectivity index (χ0v) is 13.9. The lowest BCUT2D eigenvalue weighted by atomic mass is 10.1. The molecule has 0 saturated heterocycles. The summed E-state index contributed by atoms with van der Waals surface area (Å²) in [6.07, 6.45) is 2.47. The zero-order valence-electron chi connectivity index (χ0n) is 13.9. The predicted molar refractivity (Wildman–Crippen MR) is 100 cm³/mol. The Kier molecular flexibility index (Phi) is 4.61. The Morgan fingerprint density at radius 1 is 1.00 bits per heavy atom. The first-order valence-electron chi connectivity index (χ1n) is 7.95. The quantitative estimate of drug-likeness (QED) is 0.740. The van der Waals surface area contributed by atoms with Crippen molar-refractivity contribution in [1.29, 1.82) is 0 Å². The Labute approximate surface area is 142 Å². The van der Waals surface area contributed by atoms with Crippen molar-refractivity contribution in [3.8, 4) is 0 Å². The number of aromatic nitrogens is 2. The molecule has 0 aliphatic heterocycles. The molecule has 0 aliphatic carbocycles. The van der Waals surface area contributed by atoms with Gasteiger partial charge in [-0.05, 0) is 30.2 Å². The van der Waals surface area contributed by atoms with Gasteiger partial charge in [-0.25, -0.2) is 9.97 Å². The van der Waals surface area contributed by atoms with Crippen LogP contribution in [0.1, 0.15) is 12.5 Å². The summed E-state index contributed by atoms with van der Waals surface area (Å²) < 4.78 is 0. The number of aryl methyl sites for hydroxylation is 1. The molecule has 0 atom stereocenters. The first-order valence-corrected chi connectivity index (χ1v) is 7.95. The second kappa shape index (κ2) is 7.00. The number of benzene rings is 2. The van der Waals surface area contributed by atoms with Crippen LogP contribution in [0.3, 0.4) is 0 Å². The average Bonchev–Trinajstić information content (AvgIpc) is 2.64. The minimum Gasteiger partial charge on any atom is -0.393 e. The van der Waals surface area contributed by atoms with Crippen LogP contribution in [-0.4, -0.2) is 17.0 Å². The number of anilines is 5. The number of hydrogen-bond donors (Lipinski definition) is 2. The molecule has 122 valence electrons. The number of nitrogens with zero attached hydrogens (tertiary/aromatic N) is 3. The van der Waals surface area contributed by atoms with Gasteiger partial charge in [-0.15, -0.1) is 0 Å². The third-order valence-corrected chi connectivity index (χ3v) is 3.98. The van der Waals surface area contributed by atoms with Gasteiger partial charge >= 0.3 is 0 Å². The largest absolute Gasteiger partial charge is 0.393 e. The topological polar surface area (TPSA) is 67.1 Å². The highest BCUT2D eigenvalue weighted by molar-refractivity contribution is 5.81. The Morgan fingerprint density at radius 2 is 1.71 bits per heavy atom. The predicted octanol–water partition coefficient (Wildman–Crippen LogP) is 4.13. The number of rotatable bonds is 5. The fourth-order valence-corrected chi connectivity index (χ4v) is 2.61. The summed E-state index contributed by atoms with van der Waals surface area (Å²) in [6.45, 7) is 2.12. The van der Waals surface area contributed by atoms with Crippen molar-refractivity contribution in [2.75, 3.05) is 23.0 Å². The number of nitrogens with two attached hydrogens (primary N) is 1. The van der Waals surface area contributed by atoms with Crippen LogP contribution in [0.2, 0.25) is 0 Å². The first kappa shape index (κ1) is 15.8. The fraction of sp³-hybridized carbons (Fsp3) is 0.158. The van der Waals surface area contributed by atoms with Gasteiger partial charge in [0, 0.05) is 18.4 Å². The van der Waals surface area contributed by atoms with Gasteiger partial charge in [-0.2, -0.15) is 0 Å². The minimum atomic E-state index is 0.523. The molecule has 1 aromatic heterocycles. The minimum absolute atomic E-state index is 0.523. The second-order valence-corrected chi connectivity index (χ2v) is 5.49. The molecule has 0 bridgehead atoms. The van der Waals surface area contributed by atoms with E-state index in [0.29, 0.717) is 17.3 Å². The van der Waals surface area contributed by atoms with E-state index >= 15 is 0 Å². The van der Waals surface area contributed by atoms with E-state index in [4.69, 9.17) is 5.73 Å². The molecule has 0 fully saturated rings. The van der Waals surface area contributed by atoms with E-state index in [9.17, 15) is 0 Å². The van der Waals surface area contributed by atoms with E-state index < -0.39 is 0 Å². The molecule has 3 N–H and O–H groups in total. The van der Waals surface area contributed by atoms with E-state index in [2.05, 4.69) is 28.3 Å². The molecular weight excluding hydrogens is 298 g/mol. The summed E-state index contributed by atoms with van der Waals surface area (Å²) in [5, 5.41) is 3.34. The van der Waals surface area contributed by atoms with Gasteiger partial charge < -0.3 is 16.0 Å². The SMILES string of the molecule is CCc1ccccc1Nc1ncnc(N(C)c2ccccc2)c1N. The van der Waals surface area contributed by atoms with E-state index in [1.807, 2.05) is 60.5 Å². The highest BCUT2D eigenvalue weighted by Crippen LogP contribution is 2.32. The molecule has 24 heavy (non-hydrogen) atoms. The molecule has 0 unspecified atom stereocenters. The Hall–Kier alpha value is -3.08. The molecule has 0 saturated carbocycles. The van der Waals surface area contributed by atoms with Crippen molar-refractivity contribution in [2.45, 2.75) is 13.3 Å². The van der Waals surface area contributed by atoms with Crippen LogP contribution in [0, 0.1) is 0 Å². The number of nitrogen functional groups attached to an aromatic ring is 1. The van der Waals surface area contributed by atoms with Gasteiger partial charge in [0.15, 0.2) is 11.6 Å². The van der Waals surface area contributed by atoms with Gasteiger partial charge in [0.25, 0.3) is 0 Å². The Morgan fingerprint density at radius 3 is 2.46 bits per heavy atom. The van der Waals surface area contributed by atoms with Crippen LogP contribution in [0.5, 0.6) is 0 Å². The molecule has 0 radical (unpaired) electrons. The van der Waals surface area contributed by atoms with Crippen LogP contribution >= 0.6 is 0 Å². The smallest absolute Gasteiger partial charge is 0.161 e. The van der Waals surface area contributed by atoms with Crippen molar-refractivity contribution in [3.05, 3.63) is 66.5 Å². The van der Waals surface area contributed by atoms with Gasteiger partial charge in [-0.1, -0.05) is 43.3 Å². The average molecular weight is 319 g/mol. The summed E-state index contributed by atoms with van der Waals surface area (Å²) in [5.74, 6) is 1.29. The van der Waals surface area contributed by atoms with Crippen LogP contribution in [0.4, 0.5) is 28.7 Å². The normalized spacial score (nSPS) is 10.4. The summed E-state index contributed by atoms with van der Waals surface area (Å²) in [5.41, 5.74) is 10.1. The first-order chi connectivity index (χ1) is 11.7. The maximum atomic E-state index is 6.33.